The highest BCUT2D eigenvalue weighted by molar-refractivity contribution is 4.90. The van der Waals surface area contributed by atoms with Crippen molar-refractivity contribution < 1.29 is 5.11 Å². The van der Waals surface area contributed by atoms with Crippen LogP contribution in [-0.2, 0) is 0 Å². The Bertz CT molecular complexity index is 141. The van der Waals surface area contributed by atoms with E-state index in [4.69, 9.17) is 0 Å². The summed E-state index contributed by atoms with van der Waals surface area (Å²) in [6, 6.07) is 0. The second kappa shape index (κ2) is 7.10. The number of hydrogen-bond acceptors (Lipinski definition) is 2. The minimum atomic E-state index is -0.214. The minimum Gasteiger partial charge on any atom is -0.392 e. The van der Waals surface area contributed by atoms with E-state index >= 15 is 0 Å². The van der Waals surface area contributed by atoms with Gasteiger partial charge in [-0.15, -0.1) is 0 Å². The largest absolute Gasteiger partial charge is 0.392 e. The second-order valence-electron chi connectivity index (χ2n) is 3.73. The molecular weight excluding hydrogens is 162 g/mol. The smallest absolute Gasteiger partial charge is 0.0692 e. The summed E-state index contributed by atoms with van der Waals surface area (Å²) in [7, 11) is 0. The summed E-state index contributed by atoms with van der Waals surface area (Å²) in [6.45, 7) is 11.5. The van der Waals surface area contributed by atoms with E-state index in [0.717, 1.165) is 25.0 Å². The lowest BCUT2D eigenvalue weighted by molar-refractivity contribution is 0.102. The highest BCUT2D eigenvalue weighted by Crippen LogP contribution is 2.12. The van der Waals surface area contributed by atoms with Gasteiger partial charge in [0, 0.05) is 13.1 Å². The van der Waals surface area contributed by atoms with Crippen LogP contribution in [0.5, 0.6) is 0 Å². The zero-order valence-electron chi connectivity index (χ0n) is 9.14. The van der Waals surface area contributed by atoms with Crippen molar-refractivity contribution in [3.05, 3.63) is 12.2 Å². The van der Waals surface area contributed by atoms with Crippen molar-refractivity contribution in [2.45, 2.75) is 39.7 Å². The molecule has 2 heteroatoms. The molecule has 0 aromatic heterocycles. The molecule has 0 spiro atoms. The Balaban J connectivity index is 3.59. The number of rotatable bonds is 7. The summed E-state index contributed by atoms with van der Waals surface area (Å²) in [5.41, 5.74) is 1.11. The van der Waals surface area contributed by atoms with Crippen LogP contribution in [0.2, 0.25) is 0 Å². The Morgan fingerprint density at radius 2 is 1.92 bits per heavy atom. The highest BCUT2D eigenvalue weighted by atomic mass is 16.3. The van der Waals surface area contributed by atoms with Gasteiger partial charge in [0.1, 0.15) is 0 Å². The van der Waals surface area contributed by atoms with Crippen molar-refractivity contribution in [2.75, 3.05) is 13.1 Å². The standard InChI is InChI=1S/C11H23NO/c1-5-10(6-2)11(13)8-12-7-9(3)4/h10-13H,3,5-8H2,1-2,4H3. The molecule has 0 heterocycles. The third-order valence-electron chi connectivity index (χ3n) is 2.37. The molecule has 0 aromatic rings. The normalized spacial score (nSPS) is 13.3. The van der Waals surface area contributed by atoms with Crippen LogP contribution in [0.25, 0.3) is 0 Å². The lowest BCUT2D eigenvalue weighted by Gasteiger charge is -2.20. The van der Waals surface area contributed by atoms with Gasteiger partial charge < -0.3 is 10.4 Å². The number of aliphatic hydroxyl groups is 1. The van der Waals surface area contributed by atoms with Crippen LogP contribution in [-0.4, -0.2) is 24.3 Å². The van der Waals surface area contributed by atoms with E-state index < -0.39 is 0 Å². The fraction of sp³-hybridized carbons (Fsp3) is 0.818. The molecule has 0 saturated heterocycles. The van der Waals surface area contributed by atoms with Crippen LogP contribution in [0.3, 0.4) is 0 Å². The van der Waals surface area contributed by atoms with Crippen LogP contribution >= 0.6 is 0 Å². The van der Waals surface area contributed by atoms with Gasteiger partial charge in [-0.2, -0.15) is 0 Å². The monoisotopic (exact) mass is 185 g/mol. The maximum atomic E-state index is 9.73. The Kier molecular flexibility index (Phi) is 6.92. The summed E-state index contributed by atoms with van der Waals surface area (Å²) in [4.78, 5) is 0. The third-order valence-corrected chi connectivity index (χ3v) is 2.37. The molecule has 2 N–H and O–H groups in total. The fourth-order valence-electron chi connectivity index (χ4n) is 1.43. The molecule has 0 rings (SSSR count). The second-order valence-corrected chi connectivity index (χ2v) is 3.73. The average molecular weight is 185 g/mol. The minimum absolute atomic E-state index is 0.214. The maximum Gasteiger partial charge on any atom is 0.0692 e. The van der Waals surface area contributed by atoms with Crippen LogP contribution < -0.4 is 5.32 Å². The molecule has 0 bridgehead atoms. The van der Waals surface area contributed by atoms with Crippen molar-refractivity contribution in [1.82, 2.24) is 5.32 Å². The van der Waals surface area contributed by atoms with Gasteiger partial charge >= 0.3 is 0 Å². The SMILES string of the molecule is C=C(C)CNCC(O)C(CC)CC. The quantitative estimate of drug-likeness (QED) is 0.594. The van der Waals surface area contributed by atoms with E-state index in [1.54, 1.807) is 0 Å². The summed E-state index contributed by atoms with van der Waals surface area (Å²) < 4.78 is 0. The predicted molar refractivity (Wildman–Crippen MR) is 57.8 cm³/mol. The van der Waals surface area contributed by atoms with E-state index in [9.17, 15) is 5.11 Å². The maximum absolute atomic E-state index is 9.73. The Morgan fingerprint density at radius 3 is 2.31 bits per heavy atom. The lowest BCUT2D eigenvalue weighted by Crippen LogP contribution is -2.33. The zero-order valence-corrected chi connectivity index (χ0v) is 9.14. The number of aliphatic hydroxyl groups excluding tert-OH is 1. The van der Waals surface area contributed by atoms with Crippen molar-refractivity contribution in [3.8, 4) is 0 Å². The first-order chi connectivity index (χ1) is 6.11. The first-order valence-corrected chi connectivity index (χ1v) is 5.14. The van der Waals surface area contributed by atoms with E-state index in [2.05, 4.69) is 25.7 Å². The summed E-state index contributed by atoms with van der Waals surface area (Å²) in [5, 5.41) is 12.9. The topological polar surface area (TPSA) is 32.3 Å². The molecule has 2 nitrogen and oxygen atoms in total. The molecule has 0 aliphatic carbocycles. The van der Waals surface area contributed by atoms with Gasteiger partial charge in [-0.25, -0.2) is 0 Å². The molecular formula is C11H23NO. The van der Waals surface area contributed by atoms with E-state index in [0.29, 0.717) is 12.5 Å². The Morgan fingerprint density at radius 1 is 1.38 bits per heavy atom. The van der Waals surface area contributed by atoms with Gasteiger partial charge in [-0.3, -0.25) is 0 Å². The van der Waals surface area contributed by atoms with Crippen molar-refractivity contribution >= 4 is 0 Å². The van der Waals surface area contributed by atoms with Crippen LogP contribution in [0.15, 0.2) is 12.2 Å². The van der Waals surface area contributed by atoms with E-state index in [1.165, 1.54) is 0 Å². The summed E-state index contributed by atoms with van der Waals surface area (Å²) >= 11 is 0. The van der Waals surface area contributed by atoms with Gasteiger partial charge in [0.05, 0.1) is 6.10 Å². The summed E-state index contributed by atoms with van der Waals surface area (Å²) in [6.07, 6.45) is 1.88. The van der Waals surface area contributed by atoms with Crippen molar-refractivity contribution in [3.63, 3.8) is 0 Å². The molecule has 1 atom stereocenters. The predicted octanol–water partition coefficient (Wildman–Crippen LogP) is 1.95. The van der Waals surface area contributed by atoms with Crippen LogP contribution in [0.4, 0.5) is 0 Å². The lowest BCUT2D eigenvalue weighted by atomic mass is 9.96. The molecule has 0 aromatic carbocycles. The summed E-state index contributed by atoms with van der Waals surface area (Å²) in [5.74, 6) is 0.428. The molecule has 0 saturated carbocycles. The molecule has 78 valence electrons. The molecule has 0 radical (unpaired) electrons. The zero-order chi connectivity index (χ0) is 10.3. The van der Waals surface area contributed by atoms with E-state index in [1.807, 2.05) is 6.92 Å². The fourth-order valence-corrected chi connectivity index (χ4v) is 1.43. The van der Waals surface area contributed by atoms with E-state index in [-0.39, 0.29) is 6.10 Å². The number of hydrogen-bond donors (Lipinski definition) is 2. The molecule has 0 fully saturated rings. The number of nitrogens with one attached hydrogen (secondary N) is 1. The van der Waals surface area contributed by atoms with Crippen LogP contribution in [0, 0.1) is 5.92 Å². The van der Waals surface area contributed by atoms with Crippen molar-refractivity contribution in [2.24, 2.45) is 5.92 Å². The van der Waals surface area contributed by atoms with Gasteiger partial charge in [0.15, 0.2) is 0 Å². The first-order valence-electron chi connectivity index (χ1n) is 5.14. The van der Waals surface area contributed by atoms with Crippen molar-refractivity contribution in [1.29, 1.82) is 0 Å². The average Bonchev–Trinajstić information content (AvgIpc) is 2.05. The first kappa shape index (κ1) is 12.7. The Hall–Kier alpha value is -0.340. The molecule has 1 unspecified atom stereocenters. The molecule has 0 amide bonds. The molecule has 13 heavy (non-hydrogen) atoms. The third kappa shape index (κ3) is 5.83. The van der Waals surface area contributed by atoms with Gasteiger partial charge in [0.2, 0.25) is 0 Å². The van der Waals surface area contributed by atoms with Gasteiger partial charge in [-0.05, 0) is 12.8 Å². The molecule has 0 aliphatic heterocycles. The Labute approximate surface area is 82.0 Å². The highest BCUT2D eigenvalue weighted by Gasteiger charge is 2.14. The van der Waals surface area contributed by atoms with Gasteiger partial charge in [0.25, 0.3) is 0 Å². The van der Waals surface area contributed by atoms with Gasteiger partial charge in [-0.1, -0.05) is 38.8 Å². The van der Waals surface area contributed by atoms with Crippen LogP contribution in [0.1, 0.15) is 33.6 Å². The molecule has 0 aliphatic rings.